The van der Waals surface area contributed by atoms with Crippen molar-refractivity contribution in [2.24, 2.45) is 10.9 Å². The minimum atomic E-state index is -1.44. The molecule has 4 aliphatic heterocycles. The van der Waals surface area contributed by atoms with Gasteiger partial charge in [-0.05, 0) is 28.8 Å². The highest BCUT2D eigenvalue weighted by molar-refractivity contribution is 5.94. The van der Waals surface area contributed by atoms with Crippen molar-refractivity contribution in [2.45, 2.75) is 37.4 Å². The van der Waals surface area contributed by atoms with E-state index in [-0.39, 0.29) is 11.9 Å². The molecule has 37 heavy (non-hydrogen) atoms. The van der Waals surface area contributed by atoms with E-state index in [0.29, 0.717) is 18.4 Å². The van der Waals surface area contributed by atoms with E-state index in [1.165, 1.54) is 12.1 Å². The fraction of sp³-hybridized carbons (Fsp3) is 0.367. The Kier molecular flexibility index (Phi) is 6.55. The first-order valence-corrected chi connectivity index (χ1v) is 13.1. The maximum absolute atomic E-state index is 13.3. The molecule has 3 fully saturated rings. The fourth-order valence-corrected chi connectivity index (χ4v) is 6.15. The van der Waals surface area contributed by atoms with Crippen LogP contribution >= 0.6 is 0 Å². The van der Waals surface area contributed by atoms with Crippen LogP contribution in [0.5, 0.6) is 0 Å². The molecule has 0 aromatic heterocycles. The molecule has 0 spiro atoms. The molecule has 4 heterocycles. The predicted molar refractivity (Wildman–Crippen MR) is 139 cm³/mol. The van der Waals surface area contributed by atoms with Crippen molar-refractivity contribution >= 4 is 5.84 Å². The Morgan fingerprint density at radius 1 is 0.946 bits per heavy atom. The molecular weight excluding hydrogens is 469 g/mol. The fourth-order valence-electron chi connectivity index (χ4n) is 6.15. The van der Waals surface area contributed by atoms with Crippen LogP contribution in [0.2, 0.25) is 0 Å². The third kappa shape index (κ3) is 4.80. The van der Waals surface area contributed by atoms with Gasteiger partial charge in [0, 0.05) is 18.8 Å². The summed E-state index contributed by atoms with van der Waals surface area (Å²) < 4.78 is 20.5. The maximum Gasteiger partial charge on any atom is 0.225 e. The van der Waals surface area contributed by atoms with Crippen LogP contribution < -0.4 is 5.48 Å². The lowest BCUT2D eigenvalue weighted by atomic mass is 9.83. The van der Waals surface area contributed by atoms with Gasteiger partial charge in [-0.3, -0.25) is 0 Å². The summed E-state index contributed by atoms with van der Waals surface area (Å²) in [5.41, 5.74) is 4.00. The second-order valence-electron chi connectivity index (χ2n) is 10.6. The summed E-state index contributed by atoms with van der Waals surface area (Å²) in [6, 6.07) is 25.7. The van der Waals surface area contributed by atoms with Crippen LogP contribution in [0.1, 0.15) is 29.5 Å². The second-order valence-corrected chi connectivity index (χ2v) is 10.6. The van der Waals surface area contributed by atoms with Gasteiger partial charge in [0.05, 0.1) is 19.7 Å². The summed E-state index contributed by atoms with van der Waals surface area (Å²) in [5, 5.41) is 12.0. The number of amidine groups is 1. The highest BCUT2D eigenvalue weighted by Crippen LogP contribution is 2.38. The largest absolute Gasteiger partial charge is 0.373 e. The highest BCUT2D eigenvalue weighted by Gasteiger charge is 2.49. The summed E-state index contributed by atoms with van der Waals surface area (Å²) >= 11 is 0. The number of rotatable bonds is 8. The molecule has 0 aliphatic carbocycles. The van der Waals surface area contributed by atoms with E-state index in [9.17, 15) is 9.50 Å². The number of hydrogen-bond acceptors (Lipinski definition) is 5. The Morgan fingerprint density at radius 3 is 2.19 bits per heavy atom. The van der Waals surface area contributed by atoms with Gasteiger partial charge >= 0.3 is 0 Å². The number of quaternary nitrogens is 1. The number of aliphatic imine (C=N–C) groups is 1. The van der Waals surface area contributed by atoms with Crippen LogP contribution in [-0.4, -0.2) is 53.9 Å². The molecule has 6 nitrogen and oxygen atoms in total. The molecule has 0 radical (unpaired) electrons. The number of nitrogens with zero attached hydrogens (tertiary/aromatic N) is 2. The third-order valence-electron chi connectivity index (χ3n) is 8.25. The van der Waals surface area contributed by atoms with Crippen molar-refractivity contribution in [2.75, 3.05) is 26.2 Å². The Hall–Kier alpha value is -3.10. The molecule has 2 bridgehead atoms. The Morgan fingerprint density at radius 2 is 1.57 bits per heavy atom. The van der Waals surface area contributed by atoms with Crippen LogP contribution in [0.25, 0.3) is 0 Å². The summed E-state index contributed by atoms with van der Waals surface area (Å²) in [7, 11) is 0. The molecule has 7 rings (SSSR count). The van der Waals surface area contributed by atoms with Gasteiger partial charge in [0.2, 0.25) is 6.23 Å². The van der Waals surface area contributed by atoms with E-state index in [1.807, 2.05) is 60.7 Å². The molecular formula is C30H33FN3O3+. The molecule has 7 heteroatoms. The SMILES string of the molecule is OC(C1=NC(C[N+]23CCC(CC2)[C@@H](OCc2ccc(F)cc2)C3)ON1)(c1ccccc1)c1ccccc1. The van der Waals surface area contributed by atoms with Crippen LogP contribution in [0, 0.1) is 11.7 Å². The zero-order chi connectivity index (χ0) is 25.3. The first kappa shape index (κ1) is 24.2. The lowest BCUT2D eigenvalue weighted by molar-refractivity contribution is -0.949. The van der Waals surface area contributed by atoms with Crippen molar-refractivity contribution in [3.63, 3.8) is 0 Å². The zero-order valence-corrected chi connectivity index (χ0v) is 20.8. The number of piperidine rings is 3. The van der Waals surface area contributed by atoms with Crippen LogP contribution in [0.15, 0.2) is 89.9 Å². The van der Waals surface area contributed by atoms with Crippen molar-refractivity contribution in [1.82, 2.24) is 5.48 Å². The highest BCUT2D eigenvalue weighted by atomic mass is 19.1. The summed E-state index contributed by atoms with van der Waals surface area (Å²) in [6.45, 7) is 4.28. The van der Waals surface area contributed by atoms with Crippen LogP contribution in [0.4, 0.5) is 4.39 Å². The van der Waals surface area contributed by atoms with Gasteiger partial charge in [-0.25, -0.2) is 19.7 Å². The Balaban J connectivity index is 1.19. The number of ether oxygens (including phenoxy) is 1. The summed E-state index contributed by atoms with van der Waals surface area (Å²) in [4.78, 5) is 10.9. The molecule has 192 valence electrons. The molecule has 4 aliphatic rings. The summed E-state index contributed by atoms with van der Waals surface area (Å²) in [5.74, 6) is 0.736. The lowest BCUT2D eigenvalue weighted by Gasteiger charge is -2.52. The standard InChI is InChI=1S/C30H33FN3O3/c31-26-13-11-22(12-14-26)21-36-27-19-34(17-15-23(27)16-18-34)20-28-32-29(33-37-28)30(35,24-7-3-1-4-8-24)25-9-5-2-6-10-25/h1-14,23,27-28,35H,15-21H2,(H,32,33)/q+1/t23?,27-,28?,34?/m0/s1. The average molecular weight is 503 g/mol. The topological polar surface area (TPSA) is 63.1 Å². The van der Waals surface area contributed by atoms with E-state index in [4.69, 9.17) is 14.6 Å². The predicted octanol–water partition coefficient (Wildman–Crippen LogP) is 4.15. The van der Waals surface area contributed by atoms with Gasteiger partial charge in [0.1, 0.15) is 25.0 Å². The zero-order valence-electron chi connectivity index (χ0n) is 20.8. The Bertz CT molecular complexity index is 1190. The van der Waals surface area contributed by atoms with E-state index in [0.717, 1.165) is 60.2 Å². The second kappa shape index (κ2) is 9.99. The molecule has 3 saturated heterocycles. The van der Waals surface area contributed by atoms with Gasteiger partial charge in [-0.2, -0.15) is 0 Å². The summed E-state index contributed by atoms with van der Waals surface area (Å²) in [6.07, 6.45) is 1.99. The van der Waals surface area contributed by atoms with Crippen molar-refractivity contribution in [3.8, 4) is 0 Å². The number of hydroxylamine groups is 1. The smallest absolute Gasteiger partial charge is 0.225 e. The molecule has 3 aromatic rings. The number of halogens is 1. The molecule has 2 N–H and O–H groups in total. The number of nitrogens with one attached hydrogen (secondary N) is 1. The number of fused-ring (bicyclic) bond motifs is 3. The first-order chi connectivity index (χ1) is 18.0. The molecule has 3 aromatic carbocycles. The number of hydrogen-bond donors (Lipinski definition) is 2. The van der Waals surface area contributed by atoms with E-state index >= 15 is 0 Å². The van der Waals surface area contributed by atoms with Crippen molar-refractivity contribution in [3.05, 3.63) is 107 Å². The minimum Gasteiger partial charge on any atom is -0.373 e. The van der Waals surface area contributed by atoms with Crippen molar-refractivity contribution < 1.29 is 23.6 Å². The third-order valence-corrected chi connectivity index (χ3v) is 8.25. The van der Waals surface area contributed by atoms with Gasteiger partial charge in [0.25, 0.3) is 0 Å². The van der Waals surface area contributed by atoms with Gasteiger partial charge in [-0.1, -0.05) is 72.8 Å². The molecule has 0 amide bonds. The molecule has 2 atom stereocenters. The van der Waals surface area contributed by atoms with Crippen molar-refractivity contribution in [1.29, 1.82) is 0 Å². The van der Waals surface area contributed by atoms with Gasteiger partial charge in [-0.15, -0.1) is 0 Å². The number of aliphatic hydroxyl groups is 1. The van der Waals surface area contributed by atoms with E-state index in [1.54, 1.807) is 12.1 Å². The first-order valence-electron chi connectivity index (χ1n) is 13.1. The van der Waals surface area contributed by atoms with E-state index in [2.05, 4.69) is 5.48 Å². The quantitative estimate of drug-likeness (QED) is 0.455. The molecule has 0 saturated carbocycles. The Labute approximate surface area is 216 Å². The average Bonchev–Trinajstić information content (AvgIpc) is 3.42. The molecule has 1 unspecified atom stereocenters. The normalized spacial score (nSPS) is 27.1. The maximum atomic E-state index is 13.3. The minimum absolute atomic E-state index is 0.163. The van der Waals surface area contributed by atoms with Crippen LogP contribution in [-0.2, 0) is 21.8 Å². The monoisotopic (exact) mass is 502 g/mol. The van der Waals surface area contributed by atoms with Gasteiger partial charge < -0.3 is 14.3 Å². The van der Waals surface area contributed by atoms with Gasteiger partial charge in [0.15, 0.2) is 11.4 Å². The van der Waals surface area contributed by atoms with Crippen LogP contribution in [0.3, 0.4) is 0 Å². The number of benzene rings is 3. The van der Waals surface area contributed by atoms with E-state index < -0.39 is 11.8 Å². The lowest BCUT2D eigenvalue weighted by Crippen LogP contribution is -2.65.